The third-order valence-corrected chi connectivity index (χ3v) is 3.25. The first-order valence-corrected chi connectivity index (χ1v) is 6.72. The monoisotopic (exact) mass is 250 g/mol. The van der Waals surface area contributed by atoms with E-state index in [0.717, 1.165) is 13.1 Å². The minimum absolute atomic E-state index is 0.599. The molecular formula is C13H22N4O. The van der Waals surface area contributed by atoms with Crippen LogP contribution in [0.15, 0.2) is 12.3 Å². The molecule has 1 aromatic rings. The minimum Gasteiger partial charge on any atom is -0.481 e. The lowest BCUT2D eigenvalue weighted by Crippen LogP contribution is -2.30. The molecule has 1 fully saturated rings. The van der Waals surface area contributed by atoms with Crippen LogP contribution >= 0.6 is 0 Å². The average Bonchev–Trinajstić information content (AvgIpc) is 2.68. The van der Waals surface area contributed by atoms with Gasteiger partial charge in [0.1, 0.15) is 0 Å². The molecule has 5 heteroatoms. The number of ether oxygens (including phenoxy) is 1. The van der Waals surface area contributed by atoms with Crippen LogP contribution in [0.2, 0.25) is 0 Å². The number of hydrogen-bond acceptors (Lipinski definition) is 5. The molecule has 100 valence electrons. The van der Waals surface area contributed by atoms with Crippen LogP contribution in [0, 0.1) is 0 Å². The van der Waals surface area contributed by atoms with E-state index in [1.54, 1.807) is 19.4 Å². The van der Waals surface area contributed by atoms with E-state index in [9.17, 15) is 0 Å². The van der Waals surface area contributed by atoms with Gasteiger partial charge >= 0.3 is 0 Å². The number of hydrogen-bond donors (Lipinski definition) is 1. The van der Waals surface area contributed by atoms with E-state index in [2.05, 4.69) is 20.2 Å². The number of aromatic nitrogens is 2. The second-order valence-electron chi connectivity index (χ2n) is 4.61. The number of rotatable bonds is 5. The summed E-state index contributed by atoms with van der Waals surface area (Å²) >= 11 is 0. The molecule has 0 unspecified atom stereocenters. The zero-order valence-corrected chi connectivity index (χ0v) is 11.1. The van der Waals surface area contributed by atoms with Crippen molar-refractivity contribution in [1.82, 2.24) is 14.9 Å². The van der Waals surface area contributed by atoms with Gasteiger partial charge in [0.15, 0.2) is 0 Å². The topological polar surface area (TPSA) is 50.3 Å². The van der Waals surface area contributed by atoms with Crippen LogP contribution in [0.1, 0.15) is 25.7 Å². The Morgan fingerprint density at radius 2 is 2.06 bits per heavy atom. The van der Waals surface area contributed by atoms with Crippen LogP contribution < -0.4 is 10.1 Å². The van der Waals surface area contributed by atoms with Crippen molar-refractivity contribution in [3.8, 4) is 5.88 Å². The Hall–Kier alpha value is -1.36. The smallest absolute Gasteiger partial charge is 0.225 e. The number of nitrogens with one attached hydrogen (secondary N) is 1. The van der Waals surface area contributed by atoms with E-state index in [0.29, 0.717) is 11.8 Å². The van der Waals surface area contributed by atoms with E-state index in [1.165, 1.54) is 38.8 Å². The fourth-order valence-electron chi connectivity index (χ4n) is 2.23. The van der Waals surface area contributed by atoms with Gasteiger partial charge in [-0.1, -0.05) is 12.8 Å². The predicted octanol–water partition coefficient (Wildman–Crippen LogP) is 1.77. The van der Waals surface area contributed by atoms with Gasteiger partial charge in [0, 0.05) is 25.4 Å². The highest BCUT2D eigenvalue weighted by molar-refractivity contribution is 5.27. The molecule has 1 N–H and O–H groups in total. The molecule has 0 atom stereocenters. The fourth-order valence-corrected chi connectivity index (χ4v) is 2.23. The third kappa shape index (κ3) is 4.14. The van der Waals surface area contributed by atoms with Crippen molar-refractivity contribution in [3.63, 3.8) is 0 Å². The summed E-state index contributed by atoms with van der Waals surface area (Å²) in [7, 11) is 1.61. The Bertz CT molecular complexity index is 351. The van der Waals surface area contributed by atoms with Crippen molar-refractivity contribution < 1.29 is 4.74 Å². The van der Waals surface area contributed by atoms with Gasteiger partial charge in [0.05, 0.1) is 7.11 Å². The zero-order chi connectivity index (χ0) is 12.6. The molecule has 0 saturated carbocycles. The van der Waals surface area contributed by atoms with Gasteiger partial charge < -0.3 is 15.0 Å². The summed E-state index contributed by atoms with van der Waals surface area (Å²) < 4.78 is 5.07. The zero-order valence-electron chi connectivity index (χ0n) is 11.1. The maximum absolute atomic E-state index is 5.07. The van der Waals surface area contributed by atoms with Crippen molar-refractivity contribution in [1.29, 1.82) is 0 Å². The van der Waals surface area contributed by atoms with E-state index in [1.807, 2.05) is 0 Å². The maximum Gasteiger partial charge on any atom is 0.225 e. The second-order valence-corrected chi connectivity index (χ2v) is 4.61. The molecular weight excluding hydrogens is 228 g/mol. The molecule has 2 heterocycles. The first-order valence-electron chi connectivity index (χ1n) is 6.72. The molecule has 1 aliphatic heterocycles. The highest BCUT2D eigenvalue weighted by Gasteiger charge is 2.08. The summed E-state index contributed by atoms with van der Waals surface area (Å²) in [6, 6.07) is 1.75. The lowest BCUT2D eigenvalue weighted by atomic mass is 10.2. The van der Waals surface area contributed by atoms with E-state index in [-0.39, 0.29) is 0 Å². The Labute approximate surface area is 109 Å². The molecule has 0 amide bonds. The lowest BCUT2D eigenvalue weighted by molar-refractivity contribution is 0.296. The molecule has 0 aromatic carbocycles. The Kier molecular flexibility index (Phi) is 5.20. The Morgan fingerprint density at radius 1 is 1.28 bits per heavy atom. The van der Waals surface area contributed by atoms with E-state index >= 15 is 0 Å². The van der Waals surface area contributed by atoms with Crippen molar-refractivity contribution in [2.45, 2.75) is 25.7 Å². The minimum atomic E-state index is 0.599. The molecule has 5 nitrogen and oxygen atoms in total. The Morgan fingerprint density at radius 3 is 2.78 bits per heavy atom. The summed E-state index contributed by atoms with van der Waals surface area (Å²) in [6.07, 6.45) is 7.12. The quantitative estimate of drug-likeness (QED) is 0.863. The van der Waals surface area contributed by atoms with E-state index in [4.69, 9.17) is 4.74 Å². The van der Waals surface area contributed by atoms with Crippen LogP contribution in [0.25, 0.3) is 0 Å². The van der Waals surface area contributed by atoms with Gasteiger partial charge in [-0.15, -0.1) is 0 Å². The van der Waals surface area contributed by atoms with Gasteiger partial charge in [-0.25, -0.2) is 4.98 Å². The highest BCUT2D eigenvalue weighted by Crippen LogP contribution is 2.10. The Balaban J connectivity index is 1.73. The standard InChI is InChI=1S/C13H22N4O/c1-18-12-6-7-14-13(16-12)15-8-11-17-9-4-2-3-5-10-17/h6-7H,2-5,8-11H2,1H3,(H,14,15,16). The van der Waals surface area contributed by atoms with Gasteiger partial charge in [-0.05, 0) is 25.9 Å². The molecule has 0 bridgehead atoms. The van der Waals surface area contributed by atoms with Gasteiger partial charge in [0.25, 0.3) is 0 Å². The van der Waals surface area contributed by atoms with Crippen molar-refractivity contribution in [2.75, 3.05) is 38.6 Å². The summed E-state index contributed by atoms with van der Waals surface area (Å²) in [4.78, 5) is 10.9. The SMILES string of the molecule is COc1ccnc(NCCN2CCCCCC2)n1. The summed E-state index contributed by atoms with van der Waals surface area (Å²) in [5.74, 6) is 1.24. The third-order valence-electron chi connectivity index (χ3n) is 3.25. The highest BCUT2D eigenvalue weighted by atomic mass is 16.5. The normalized spacial score (nSPS) is 17.2. The van der Waals surface area contributed by atoms with Gasteiger partial charge in [-0.2, -0.15) is 4.98 Å². The summed E-state index contributed by atoms with van der Waals surface area (Å²) in [6.45, 7) is 4.38. The van der Waals surface area contributed by atoms with Crippen LogP contribution in [0.4, 0.5) is 5.95 Å². The number of methoxy groups -OCH3 is 1. The molecule has 18 heavy (non-hydrogen) atoms. The number of likely N-dealkylation sites (tertiary alicyclic amines) is 1. The molecule has 0 radical (unpaired) electrons. The van der Waals surface area contributed by atoms with Crippen LogP contribution in [0.5, 0.6) is 5.88 Å². The molecule has 1 aromatic heterocycles. The fraction of sp³-hybridized carbons (Fsp3) is 0.692. The lowest BCUT2D eigenvalue weighted by Gasteiger charge is -2.19. The van der Waals surface area contributed by atoms with Crippen molar-refractivity contribution in [2.24, 2.45) is 0 Å². The summed E-state index contributed by atoms with van der Waals surface area (Å²) in [5.41, 5.74) is 0. The summed E-state index contributed by atoms with van der Waals surface area (Å²) in [5, 5.41) is 3.24. The van der Waals surface area contributed by atoms with Crippen molar-refractivity contribution >= 4 is 5.95 Å². The van der Waals surface area contributed by atoms with Gasteiger partial charge in [-0.3, -0.25) is 0 Å². The van der Waals surface area contributed by atoms with Crippen LogP contribution in [0.3, 0.4) is 0 Å². The molecule has 1 aliphatic rings. The molecule has 0 aliphatic carbocycles. The van der Waals surface area contributed by atoms with Gasteiger partial charge in [0.2, 0.25) is 11.8 Å². The number of anilines is 1. The molecule has 1 saturated heterocycles. The molecule has 2 rings (SSSR count). The first-order chi connectivity index (χ1) is 8.88. The van der Waals surface area contributed by atoms with Crippen LogP contribution in [-0.2, 0) is 0 Å². The van der Waals surface area contributed by atoms with E-state index < -0.39 is 0 Å². The number of nitrogens with zero attached hydrogens (tertiary/aromatic N) is 3. The average molecular weight is 250 g/mol. The first kappa shape index (κ1) is 13.1. The predicted molar refractivity (Wildman–Crippen MR) is 72.0 cm³/mol. The molecule has 0 spiro atoms. The van der Waals surface area contributed by atoms with Crippen molar-refractivity contribution in [3.05, 3.63) is 12.3 Å². The van der Waals surface area contributed by atoms with Crippen LogP contribution in [-0.4, -0.2) is 48.2 Å². The second kappa shape index (κ2) is 7.16. The largest absolute Gasteiger partial charge is 0.481 e. The maximum atomic E-state index is 5.07.